The van der Waals surface area contributed by atoms with Crippen molar-refractivity contribution in [1.29, 1.82) is 0 Å². The summed E-state index contributed by atoms with van der Waals surface area (Å²) in [6.07, 6.45) is 4.66. The highest BCUT2D eigenvalue weighted by atomic mass is 19.2. The fraction of sp³-hybridized carbons (Fsp3) is 0.261. The van der Waals surface area contributed by atoms with E-state index in [4.69, 9.17) is 4.74 Å². The molecular weight excluding hydrogens is 418 g/mol. The van der Waals surface area contributed by atoms with E-state index in [0.29, 0.717) is 43.0 Å². The Bertz CT molecular complexity index is 1110. The smallest absolute Gasteiger partial charge is 0.251 e. The largest absolute Gasteiger partial charge is 0.381 e. The Hall–Kier alpha value is -3.59. The van der Waals surface area contributed by atoms with Crippen molar-refractivity contribution in [3.63, 3.8) is 0 Å². The molecule has 0 saturated carbocycles. The molecule has 7 nitrogen and oxygen atoms in total. The highest BCUT2D eigenvalue weighted by Crippen LogP contribution is 2.19. The second-order valence-corrected chi connectivity index (χ2v) is 7.49. The van der Waals surface area contributed by atoms with Crippen LogP contribution in [0.2, 0.25) is 0 Å². The van der Waals surface area contributed by atoms with Gasteiger partial charge in [0.25, 0.3) is 5.91 Å². The van der Waals surface area contributed by atoms with E-state index in [1.165, 1.54) is 12.1 Å². The summed E-state index contributed by atoms with van der Waals surface area (Å²) in [5.74, 6) is -2.45. The highest BCUT2D eigenvalue weighted by Gasteiger charge is 2.22. The number of rotatable bonds is 6. The average molecular weight is 440 g/mol. The van der Waals surface area contributed by atoms with Gasteiger partial charge >= 0.3 is 0 Å². The molecule has 1 aliphatic rings. The Balaban J connectivity index is 1.35. The lowest BCUT2D eigenvalue weighted by Crippen LogP contribution is -2.28. The third-order valence-electron chi connectivity index (χ3n) is 5.31. The van der Waals surface area contributed by atoms with Gasteiger partial charge in [-0.25, -0.2) is 13.5 Å². The number of ether oxygens (including phenoxy) is 1. The van der Waals surface area contributed by atoms with Crippen LogP contribution >= 0.6 is 0 Å². The Morgan fingerprint density at radius 3 is 2.59 bits per heavy atom. The third-order valence-corrected chi connectivity index (χ3v) is 5.31. The summed E-state index contributed by atoms with van der Waals surface area (Å²) in [4.78, 5) is 24.7. The van der Waals surface area contributed by atoms with Gasteiger partial charge in [0.2, 0.25) is 5.91 Å². The maximum absolute atomic E-state index is 13.7. The van der Waals surface area contributed by atoms with Crippen LogP contribution in [0, 0.1) is 17.6 Å². The molecular formula is C23H22F2N4O3. The Morgan fingerprint density at radius 1 is 1.09 bits per heavy atom. The number of hydrogen-bond donors (Lipinski definition) is 2. The number of hydrogen-bond acceptors (Lipinski definition) is 4. The van der Waals surface area contributed by atoms with E-state index in [1.807, 2.05) is 0 Å². The lowest BCUT2D eigenvalue weighted by molar-refractivity contribution is -0.122. The van der Waals surface area contributed by atoms with Crippen molar-refractivity contribution < 1.29 is 23.1 Å². The van der Waals surface area contributed by atoms with E-state index in [9.17, 15) is 18.4 Å². The van der Waals surface area contributed by atoms with Gasteiger partial charge in [-0.15, -0.1) is 0 Å². The maximum atomic E-state index is 13.7. The molecule has 1 aromatic heterocycles. The normalized spacial score (nSPS) is 14.2. The molecule has 9 heteroatoms. The van der Waals surface area contributed by atoms with Crippen LogP contribution in [0.3, 0.4) is 0 Å². The minimum Gasteiger partial charge on any atom is -0.381 e. The van der Waals surface area contributed by atoms with Gasteiger partial charge in [-0.05, 0) is 43.2 Å². The van der Waals surface area contributed by atoms with Crippen LogP contribution in [0.1, 0.15) is 28.8 Å². The molecule has 1 saturated heterocycles. The first-order chi connectivity index (χ1) is 15.5. The van der Waals surface area contributed by atoms with E-state index in [2.05, 4.69) is 15.7 Å². The Morgan fingerprint density at radius 2 is 1.84 bits per heavy atom. The van der Waals surface area contributed by atoms with Crippen molar-refractivity contribution >= 4 is 17.5 Å². The molecule has 1 aliphatic heterocycles. The molecule has 1 fully saturated rings. The van der Waals surface area contributed by atoms with E-state index < -0.39 is 17.5 Å². The van der Waals surface area contributed by atoms with Crippen LogP contribution < -0.4 is 10.6 Å². The van der Waals surface area contributed by atoms with Gasteiger partial charge in [-0.3, -0.25) is 9.59 Å². The van der Waals surface area contributed by atoms with Gasteiger partial charge in [-0.2, -0.15) is 5.10 Å². The lowest BCUT2D eigenvalue weighted by Gasteiger charge is -2.20. The monoisotopic (exact) mass is 440 g/mol. The van der Waals surface area contributed by atoms with Crippen molar-refractivity contribution in [3.05, 3.63) is 77.6 Å². The molecule has 0 bridgehead atoms. The van der Waals surface area contributed by atoms with Gasteiger partial charge in [0, 0.05) is 36.8 Å². The molecule has 3 aromatic rings. The summed E-state index contributed by atoms with van der Waals surface area (Å²) >= 11 is 0. The van der Waals surface area contributed by atoms with Crippen molar-refractivity contribution in [3.8, 4) is 5.69 Å². The number of nitrogens with one attached hydrogen (secondary N) is 2. The molecule has 0 atom stereocenters. The summed E-state index contributed by atoms with van der Waals surface area (Å²) in [5.41, 5.74) is 1.72. The topological polar surface area (TPSA) is 85.2 Å². The molecule has 0 spiro atoms. The van der Waals surface area contributed by atoms with Crippen LogP contribution in [-0.2, 0) is 16.1 Å². The predicted octanol–water partition coefficient (Wildman–Crippen LogP) is 3.45. The summed E-state index contributed by atoms with van der Waals surface area (Å²) < 4.78 is 33.9. The van der Waals surface area contributed by atoms with Crippen molar-refractivity contribution in [1.82, 2.24) is 15.1 Å². The number of anilines is 1. The predicted molar refractivity (Wildman–Crippen MR) is 113 cm³/mol. The number of halogens is 2. The molecule has 0 unspecified atom stereocenters. The van der Waals surface area contributed by atoms with E-state index in [0.717, 1.165) is 6.07 Å². The van der Waals surface area contributed by atoms with Crippen molar-refractivity contribution in [2.24, 2.45) is 5.92 Å². The fourth-order valence-corrected chi connectivity index (χ4v) is 3.46. The second kappa shape index (κ2) is 9.69. The number of carbonyl (C=O) groups is 2. The van der Waals surface area contributed by atoms with Crippen LogP contribution in [-0.4, -0.2) is 34.8 Å². The van der Waals surface area contributed by atoms with Gasteiger partial charge in [0.05, 0.1) is 23.8 Å². The van der Waals surface area contributed by atoms with Gasteiger partial charge in [-0.1, -0.05) is 12.1 Å². The molecule has 166 valence electrons. The maximum Gasteiger partial charge on any atom is 0.251 e. The number of aromatic nitrogens is 2. The lowest BCUT2D eigenvalue weighted by atomic mass is 9.99. The molecule has 2 amide bonds. The minimum absolute atomic E-state index is 0.0467. The van der Waals surface area contributed by atoms with Crippen LogP contribution in [0.5, 0.6) is 0 Å². The van der Waals surface area contributed by atoms with E-state index in [-0.39, 0.29) is 23.9 Å². The average Bonchev–Trinajstić information content (AvgIpc) is 3.29. The SMILES string of the molecule is O=C(NCc1cccc(F)c1F)c1ccc(-n2cc(NC(=O)C3CCOCC3)cn2)cc1. The van der Waals surface area contributed by atoms with Gasteiger partial charge < -0.3 is 15.4 Å². The first kappa shape index (κ1) is 21.6. The van der Waals surface area contributed by atoms with Crippen molar-refractivity contribution in [2.75, 3.05) is 18.5 Å². The number of amides is 2. The molecule has 4 rings (SSSR count). The van der Waals surface area contributed by atoms with E-state index in [1.54, 1.807) is 41.3 Å². The fourth-order valence-electron chi connectivity index (χ4n) is 3.46. The molecule has 0 radical (unpaired) electrons. The summed E-state index contributed by atoms with van der Waals surface area (Å²) in [6.45, 7) is 1.06. The molecule has 2 heterocycles. The Kier molecular flexibility index (Phi) is 6.55. The molecule has 0 aliphatic carbocycles. The van der Waals surface area contributed by atoms with Gasteiger partial charge in [0.15, 0.2) is 11.6 Å². The standard InChI is InChI=1S/C23H22F2N4O3/c24-20-3-1-2-17(21(20)25)12-26-22(30)15-4-6-19(7-5-15)29-14-18(13-27-29)28-23(31)16-8-10-32-11-9-16/h1-7,13-14,16H,8-12H2,(H,26,30)(H,28,31). The quantitative estimate of drug-likeness (QED) is 0.615. The minimum atomic E-state index is -0.971. The summed E-state index contributed by atoms with van der Waals surface area (Å²) in [5, 5.41) is 9.70. The molecule has 2 N–H and O–H groups in total. The summed E-state index contributed by atoms with van der Waals surface area (Å²) in [7, 11) is 0. The van der Waals surface area contributed by atoms with Crippen molar-refractivity contribution in [2.45, 2.75) is 19.4 Å². The van der Waals surface area contributed by atoms with Crippen LogP contribution in [0.25, 0.3) is 5.69 Å². The van der Waals surface area contributed by atoms with Crippen LogP contribution in [0.4, 0.5) is 14.5 Å². The van der Waals surface area contributed by atoms with Gasteiger partial charge in [0.1, 0.15) is 0 Å². The summed E-state index contributed by atoms with van der Waals surface area (Å²) in [6, 6.07) is 10.4. The zero-order valence-electron chi connectivity index (χ0n) is 17.2. The first-order valence-electron chi connectivity index (χ1n) is 10.3. The third kappa shape index (κ3) is 5.00. The highest BCUT2D eigenvalue weighted by molar-refractivity contribution is 5.94. The first-order valence-corrected chi connectivity index (χ1v) is 10.3. The zero-order chi connectivity index (χ0) is 22.5. The zero-order valence-corrected chi connectivity index (χ0v) is 17.2. The number of carbonyl (C=O) groups excluding carboxylic acids is 2. The molecule has 32 heavy (non-hydrogen) atoms. The molecule has 2 aromatic carbocycles. The number of nitrogens with zero attached hydrogens (tertiary/aromatic N) is 2. The second-order valence-electron chi connectivity index (χ2n) is 7.49. The van der Waals surface area contributed by atoms with Crippen LogP contribution in [0.15, 0.2) is 54.9 Å². The Labute approximate surface area is 183 Å². The van der Waals surface area contributed by atoms with E-state index >= 15 is 0 Å². The number of benzene rings is 2.